The van der Waals surface area contributed by atoms with E-state index in [0.717, 1.165) is 6.42 Å². The van der Waals surface area contributed by atoms with Gasteiger partial charge in [-0.3, -0.25) is 14.5 Å². The highest BCUT2D eigenvalue weighted by Gasteiger charge is 2.25. The van der Waals surface area contributed by atoms with E-state index in [4.69, 9.17) is 16.7 Å². The van der Waals surface area contributed by atoms with E-state index in [1.54, 1.807) is 0 Å². The fourth-order valence-electron chi connectivity index (χ4n) is 2.39. The number of carbonyl (C=O) groups is 2. The zero-order chi connectivity index (χ0) is 15.4. The second kappa shape index (κ2) is 6.87. The first-order valence-corrected chi connectivity index (χ1v) is 7.04. The zero-order valence-electron chi connectivity index (χ0n) is 11.3. The molecule has 1 aliphatic rings. The Morgan fingerprint density at radius 2 is 2.24 bits per heavy atom. The van der Waals surface area contributed by atoms with Gasteiger partial charge >= 0.3 is 5.97 Å². The normalized spacial score (nSPS) is 19.2. The number of carboxylic acid groups (broad SMARTS) is 1. The van der Waals surface area contributed by atoms with Crippen LogP contribution in [0.5, 0.6) is 0 Å². The fraction of sp³-hybridized carbons (Fsp3) is 0.429. The molecule has 7 heteroatoms. The lowest BCUT2D eigenvalue weighted by Crippen LogP contribution is -2.45. The van der Waals surface area contributed by atoms with Crippen molar-refractivity contribution in [3.63, 3.8) is 0 Å². The number of piperidine rings is 1. The standard InChI is InChI=1S/C14H16ClFN2O3/c15-10-4-1-5-11(16)12(10)13(19)17-8-18-6-2-3-9(7-18)14(20)21/h1,4-5,9H,2-3,6-8H2,(H,17,19)(H,20,21). The van der Waals surface area contributed by atoms with E-state index >= 15 is 0 Å². The summed E-state index contributed by atoms with van der Waals surface area (Å²) in [6, 6.07) is 4.04. The lowest BCUT2D eigenvalue weighted by Gasteiger charge is -2.30. The third-order valence-electron chi connectivity index (χ3n) is 3.51. The Bertz CT molecular complexity index is 533. The minimum atomic E-state index is -0.830. The lowest BCUT2D eigenvalue weighted by molar-refractivity contribution is -0.143. The van der Waals surface area contributed by atoms with Gasteiger partial charge in [0.05, 0.1) is 23.2 Å². The number of carbonyl (C=O) groups excluding carboxylic acids is 1. The number of aliphatic carboxylic acids is 1. The van der Waals surface area contributed by atoms with Crippen molar-refractivity contribution in [3.8, 4) is 0 Å². The van der Waals surface area contributed by atoms with Gasteiger partial charge in [-0.25, -0.2) is 4.39 Å². The van der Waals surface area contributed by atoms with Gasteiger partial charge in [0, 0.05) is 6.54 Å². The summed E-state index contributed by atoms with van der Waals surface area (Å²) in [4.78, 5) is 24.8. The molecule has 1 aromatic rings. The number of hydrogen-bond donors (Lipinski definition) is 2. The third-order valence-corrected chi connectivity index (χ3v) is 3.82. The number of benzene rings is 1. The van der Waals surface area contributed by atoms with Gasteiger partial charge in [0.15, 0.2) is 0 Å². The Morgan fingerprint density at radius 1 is 1.48 bits per heavy atom. The summed E-state index contributed by atoms with van der Waals surface area (Å²) in [5, 5.41) is 11.6. The minimum absolute atomic E-state index is 0.0505. The van der Waals surface area contributed by atoms with Crippen molar-refractivity contribution in [3.05, 3.63) is 34.6 Å². The van der Waals surface area contributed by atoms with Crippen molar-refractivity contribution in [2.24, 2.45) is 5.92 Å². The summed E-state index contributed by atoms with van der Waals surface area (Å²) < 4.78 is 13.6. The Hall–Kier alpha value is -1.66. The molecule has 1 aliphatic heterocycles. The molecule has 5 nitrogen and oxygen atoms in total. The van der Waals surface area contributed by atoms with E-state index in [-0.39, 0.29) is 17.3 Å². The molecule has 0 spiro atoms. The molecular weight excluding hydrogens is 299 g/mol. The van der Waals surface area contributed by atoms with Crippen LogP contribution in [0.15, 0.2) is 18.2 Å². The van der Waals surface area contributed by atoms with Crippen LogP contribution >= 0.6 is 11.6 Å². The lowest BCUT2D eigenvalue weighted by atomic mass is 9.99. The molecule has 114 valence electrons. The number of halogens is 2. The number of hydrogen-bond acceptors (Lipinski definition) is 3. The molecule has 0 bridgehead atoms. The third kappa shape index (κ3) is 3.92. The second-order valence-corrected chi connectivity index (χ2v) is 5.42. The first-order valence-electron chi connectivity index (χ1n) is 6.66. The van der Waals surface area contributed by atoms with Gasteiger partial charge in [-0.1, -0.05) is 17.7 Å². The van der Waals surface area contributed by atoms with E-state index in [0.29, 0.717) is 19.5 Å². The Kier molecular flexibility index (Phi) is 5.14. The van der Waals surface area contributed by atoms with Crippen LogP contribution < -0.4 is 5.32 Å². The Balaban J connectivity index is 1.94. The highest BCUT2D eigenvalue weighted by atomic mass is 35.5. The number of nitrogens with zero attached hydrogens (tertiary/aromatic N) is 1. The minimum Gasteiger partial charge on any atom is -0.481 e. The van der Waals surface area contributed by atoms with E-state index < -0.39 is 23.6 Å². The van der Waals surface area contributed by atoms with Crippen molar-refractivity contribution < 1.29 is 19.1 Å². The molecule has 0 aromatic heterocycles. The van der Waals surface area contributed by atoms with Crippen molar-refractivity contribution in [2.75, 3.05) is 19.8 Å². The summed E-state index contributed by atoms with van der Waals surface area (Å²) >= 11 is 5.82. The van der Waals surface area contributed by atoms with Crippen LogP contribution in [-0.2, 0) is 4.79 Å². The maximum atomic E-state index is 13.6. The number of nitrogens with one attached hydrogen (secondary N) is 1. The van der Waals surface area contributed by atoms with Crippen LogP contribution in [0.3, 0.4) is 0 Å². The number of rotatable bonds is 4. The topological polar surface area (TPSA) is 69.6 Å². The molecule has 0 radical (unpaired) electrons. The SMILES string of the molecule is O=C(NCN1CCCC(C(=O)O)C1)c1c(F)cccc1Cl. The summed E-state index contributed by atoms with van der Waals surface area (Å²) in [5.41, 5.74) is -0.189. The molecule has 1 heterocycles. The van der Waals surface area contributed by atoms with Crippen LogP contribution in [0.1, 0.15) is 23.2 Å². The summed E-state index contributed by atoms with van der Waals surface area (Å²) in [6.07, 6.45) is 1.40. The molecule has 1 aromatic carbocycles. The first kappa shape index (κ1) is 15.7. The summed E-state index contributed by atoms with van der Waals surface area (Å²) in [6.45, 7) is 1.25. The largest absolute Gasteiger partial charge is 0.481 e. The van der Waals surface area contributed by atoms with Gasteiger partial charge in [0.25, 0.3) is 5.91 Å². The average molecular weight is 315 g/mol. The van der Waals surface area contributed by atoms with Crippen LogP contribution in [-0.4, -0.2) is 41.6 Å². The quantitative estimate of drug-likeness (QED) is 0.891. The zero-order valence-corrected chi connectivity index (χ0v) is 12.1. The van der Waals surface area contributed by atoms with Crippen LogP contribution in [0.25, 0.3) is 0 Å². The number of amides is 1. The highest BCUT2D eigenvalue weighted by molar-refractivity contribution is 6.33. The van der Waals surface area contributed by atoms with Gasteiger partial charge in [-0.2, -0.15) is 0 Å². The van der Waals surface area contributed by atoms with Crippen molar-refractivity contribution >= 4 is 23.5 Å². The van der Waals surface area contributed by atoms with Crippen molar-refractivity contribution in [1.82, 2.24) is 10.2 Å². The van der Waals surface area contributed by atoms with Crippen LogP contribution in [0.4, 0.5) is 4.39 Å². The average Bonchev–Trinajstić information content (AvgIpc) is 2.45. The molecule has 2 N–H and O–H groups in total. The molecule has 1 amide bonds. The fourth-order valence-corrected chi connectivity index (χ4v) is 2.64. The van der Waals surface area contributed by atoms with E-state index in [1.807, 2.05) is 4.90 Å². The maximum Gasteiger partial charge on any atom is 0.307 e. The molecule has 21 heavy (non-hydrogen) atoms. The van der Waals surface area contributed by atoms with Gasteiger partial charge < -0.3 is 10.4 Å². The summed E-state index contributed by atoms with van der Waals surface area (Å²) in [7, 11) is 0. The smallest absolute Gasteiger partial charge is 0.307 e. The Morgan fingerprint density at radius 3 is 2.90 bits per heavy atom. The summed E-state index contributed by atoms with van der Waals surface area (Å²) in [5.74, 6) is -2.53. The van der Waals surface area contributed by atoms with Gasteiger partial charge in [0.1, 0.15) is 5.82 Å². The van der Waals surface area contributed by atoms with E-state index in [1.165, 1.54) is 18.2 Å². The monoisotopic (exact) mass is 314 g/mol. The highest BCUT2D eigenvalue weighted by Crippen LogP contribution is 2.19. The van der Waals surface area contributed by atoms with Gasteiger partial charge in [-0.15, -0.1) is 0 Å². The van der Waals surface area contributed by atoms with Gasteiger partial charge in [-0.05, 0) is 31.5 Å². The molecule has 1 atom stereocenters. The second-order valence-electron chi connectivity index (χ2n) is 5.02. The molecule has 2 rings (SSSR count). The Labute approximate surface area is 126 Å². The van der Waals surface area contributed by atoms with Crippen LogP contribution in [0, 0.1) is 11.7 Å². The predicted molar refractivity (Wildman–Crippen MR) is 75.7 cm³/mol. The van der Waals surface area contributed by atoms with E-state index in [2.05, 4.69) is 5.32 Å². The molecule has 0 aliphatic carbocycles. The molecule has 1 unspecified atom stereocenters. The maximum absolute atomic E-state index is 13.6. The molecule has 0 saturated carbocycles. The van der Waals surface area contributed by atoms with E-state index in [9.17, 15) is 14.0 Å². The van der Waals surface area contributed by atoms with Crippen LogP contribution in [0.2, 0.25) is 5.02 Å². The first-order chi connectivity index (χ1) is 9.99. The van der Waals surface area contributed by atoms with Crippen molar-refractivity contribution in [2.45, 2.75) is 12.8 Å². The molecule has 1 fully saturated rings. The number of carboxylic acids is 1. The predicted octanol–water partition coefficient (Wildman–Crippen LogP) is 1.96. The van der Waals surface area contributed by atoms with Gasteiger partial charge in [0.2, 0.25) is 0 Å². The molecule has 1 saturated heterocycles. The number of likely N-dealkylation sites (tertiary alicyclic amines) is 1. The molecular formula is C14H16ClFN2O3. The van der Waals surface area contributed by atoms with Crippen molar-refractivity contribution in [1.29, 1.82) is 0 Å².